The summed E-state index contributed by atoms with van der Waals surface area (Å²) in [5.41, 5.74) is 2.81. The van der Waals surface area contributed by atoms with Crippen molar-refractivity contribution in [2.45, 2.75) is 6.04 Å². The molecule has 2 amide bonds. The van der Waals surface area contributed by atoms with Crippen LogP contribution in [0.2, 0.25) is 0 Å². The number of hydrazone groups is 1. The van der Waals surface area contributed by atoms with Crippen LogP contribution in [0.5, 0.6) is 0 Å². The van der Waals surface area contributed by atoms with Crippen molar-refractivity contribution in [1.29, 1.82) is 0 Å². The summed E-state index contributed by atoms with van der Waals surface area (Å²) in [5, 5.41) is 14.3. The van der Waals surface area contributed by atoms with E-state index in [2.05, 4.69) is 10.5 Å². The Morgan fingerprint density at radius 1 is 1.21 bits per heavy atom. The minimum atomic E-state index is -0.664. The molecule has 96 valence electrons. The number of nitro groups is 1. The van der Waals surface area contributed by atoms with E-state index in [1.54, 1.807) is 0 Å². The Balaban J connectivity index is 1.94. The Morgan fingerprint density at radius 2 is 1.89 bits per heavy atom. The predicted octanol–water partition coefficient (Wildman–Crippen LogP) is 0.0418. The number of imide groups is 1. The van der Waals surface area contributed by atoms with Crippen molar-refractivity contribution in [3.05, 3.63) is 34.4 Å². The van der Waals surface area contributed by atoms with Crippen molar-refractivity contribution >= 4 is 29.4 Å². The van der Waals surface area contributed by atoms with Gasteiger partial charge in [0.25, 0.3) is 11.6 Å². The number of non-ortho nitro benzene ring substituents is 1. The lowest BCUT2D eigenvalue weighted by Gasteiger charge is -2.14. The van der Waals surface area contributed by atoms with Crippen molar-refractivity contribution in [3.63, 3.8) is 0 Å². The Hall–Kier alpha value is -2.77. The SMILES string of the molecule is O=C1C2C=NNC2C(=O)N1c1ccc([N+](=O)[O-])cc1. The quantitative estimate of drug-likeness (QED) is 0.459. The highest BCUT2D eigenvalue weighted by molar-refractivity contribution is 6.28. The van der Waals surface area contributed by atoms with E-state index in [1.807, 2.05) is 0 Å². The van der Waals surface area contributed by atoms with Gasteiger partial charge in [0.2, 0.25) is 5.91 Å². The molecule has 1 aromatic carbocycles. The van der Waals surface area contributed by atoms with Crippen LogP contribution in [0.3, 0.4) is 0 Å². The maximum Gasteiger partial charge on any atom is 0.269 e. The van der Waals surface area contributed by atoms with Gasteiger partial charge >= 0.3 is 0 Å². The van der Waals surface area contributed by atoms with Crippen LogP contribution in [0.15, 0.2) is 29.4 Å². The normalized spacial score (nSPS) is 24.5. The maximum atomic E-state index is 12.1. The molecule has 2 unspecified atom stereocenters. The number of amides is 2. The Kier molecular flexibility index (Phi) is 2.31. The van der Waals surface area contributed by atoms with E-state index in [0.29, 0.717) is 5.69 Å². The van der Waals surface area contributed by atoms with Crippen molar-refractivity contribution in [2.24, 2.45) is 11.0 Å². The first-order valence-corrected chi connectivity index (χ1v) is 5.50. The molecule has 2 heterocycles. The second-order valence-corrected chi connectivity index (χ2v) is 4.20. The summed E-state index contributed by atoms with van der Waals surface area (Å²) in [4.78, 5) is 35.1. The molecule has 0 spiro atoms. The number of anilines is 1. The van der Waals surface area contributed by atoms with E-state index in [9.17, 15) is 19.7 Å². The van der Waals surface area contributed by atoms with E-state index in [-0.39, 0.29) is 11.6 Å². The number of rotatable bonds is 2. The minimum absolute atomic E-state index is 0.0947. The van der Waals surface area contributed by atoms with Crippen LogP contribution in [0.4, 0.5) is 11.4 Å². The lowest BCUT2D eigenvalue weighted by molar-refractivity contribution is -0.384. The second-order valence-electron chi connectivity index (χ2n) is 4.20. The predicted molar refractivity (Wildman–Crippen MR) is 64.5 cm³/mol. The van der Waals surface area contributed by atoms with Gasteiger partial charge in [0.1, 0.15) is 12.0 Å². The summed E-state index contributed by atoms with van der Waals surface area (Å²) >= 11 is 0. The van der Waals surface area contributed by atoms with Crippen LogP contribution in [0.1, 0.15) is 0 Å². The number of nitrogens with zero attached hydrogens (tertiary/aromatic N) is 3. The molecule has 0 aliphatic carbocycles. The largest absolute Gasteiger partial charge is 0.297 e. The van der Waals surface area contributed by atoms with Gasteiger partial charge < -0.3 is 0 Å². The number of carbonyl (C=O) groups excluding carboxylic acids is 2. The average molecular weight is 260 g/mol. The van der Waals surface area contributed by atoms with Crippen LogP contribution >= 0.6 is 0 Å². The molecule has 2 aliphatic rings. The molecule has 8 nitrogen and oxygen atoms in total. The highest BCUT2D eigenvalue weighted by atomic mass is 16.6. The molecular formula is C11H8N4O4. The van der Waals surface area contributed by atoms with Crippen molar-refractivity contribution in [1.82, 2.24) is 5.43 Å². The smallest absolute Gasteiger partial charge is 0.269 e. The van der Waals surface area contributed by atoms with Gasteiger partial charge in [-0.05, 0) is 12.1 Å². The molecule has 0 saturated carbocycles. The van der Waals surface area contributed by atoms with Crippen LogP contribution in [-0.2, 0) is 9.59 Å². The topological polar surface area (TPSA) is 105 Å². The standard InChI is InChI=1S/C11H8N4O4/c16-10-8-5-12-13-9(8)11(17)14(10)6-1-3-7(4-2-6)15(18)19/h1-5,8-9,13H. The minimum Gasteiger partial charge on any atom is -0.297 e. The molecule has 2 aliphatic heterocycles. The zero-order chi connectivity index (χ0) is 13.6. The fraction of sp³-hybridized carbons (Fsp3) is 0.182. The van der Waals surface area contributed by atoms with Gasteiger partial charge in [-0.15, -0.1) is 0 Å². The van der Waals surface area contributed by atoms with E-state index >= 15 is 0 Å². The third-order valence-corrected chi connectivity index (χ3v) is 3.12. The van der Waals surface area contributed by atoms with Gasteiger partial charge in [-0.25, -0.2) is 4.90 Å². The number of benzene rings is 1. The molecule has 2 atom stereocenters. The lowest BCUT2D eigenvalue weighted by Crippen LogP contribution is -2.36. The molecule has 1 aromatic rings. The fourth-order valence-corrected chi connectivity index (χ4v) is 2.16. The number of hydrogen-bond donors (Lipinski definition) is 1. The van der Waals surface area contributed by atoms with E-state index in [0.717, 1.165) is 4.90 Å². The maximum absolute atomic E-state index is 12.1. The summed E-state index contributed by atoms with van der Waals surface area (Å²) < 4.78 is 0. The lowest BCUT2D eigenvalue weighted by atomic mass is 10.1. The third kappa shape index (κ3) is 1.57. The van der Waals surface area contributed by atoms with Gasteiger partial charge in [0, 0.05) is 18.3 Å². The van der Waals surface area contributed by atoms with Gasteiger partial charge in [-0.1, -0.05) is 0 Å². The molecule has 0 aromatic heterocycles. The van der Waals surface area contributed by atoms with Crippen LogP contribution < -0.4 is 10.3 Å². The molecule has 1 saturated heterocycles. The molecule has 0 radical (unpaired) electrons. The molecule has 1 N–H and O–H groups in total. The number of nitrogens with one attached hydrogen (secondary N) is 1. The highest BCUT2D eigenvalue weighted by Gasteiger charge is 2.49. The number of hydrogen-bond acceptors (Lipinski definition) is 6. The summed E-state index contributed by atoms with van der Waals surface area (Å²) in [5.74, 6) is -1.37. The van der Waals surface area contributed by atoms with Crippen molar-refractivity contribution in [3.8, 4) is 0 Å². The summed E-state index contributed by atoms with van der Waals surface area (Å²) in [7, 11) is 0. The third-order valence-electron chi connectivity index (χ3n) is 3.12. The summed E-state index contributed by atoms with van der Waals surface area (Å²) in [6.07, 6.45) is 1.40. The van der Waals surface area contributed by atoms with Gasteiger partial charge in [-0.3, -0.25) is 25.1 Å². The van der Waals surface area contributed by atoms with Crippen LogP contribution in [0, 0.1) is 16.0 Å². The number of nitro benzene ring substituents is 1. The molecule has 19 heavy (non-hydrogen) atoms. The first-order valence-electron chi connectivity index (χ1n) is 5.50. The Labute approximate surface area is 106 Å². The summed E-state index contributed by atoms with van der Waals surface area (Å²) in [6.45, 7) is 0. The van der Waals surface area contributed by atoms with Crippen LogP contribution in [-0.4, -0.2) is 29.0 Å². The first kappa shape index (κ1) is 11.3. The molecule has 0 bridgehead atoms. The Morgan fingerprint density at radius 3 is 2.47 bits per heavy atom. The van der Waals surface area contributed by atoms with E-state index in [1.165, 1.54) is 30.5 Å². The van der Waals surface area contributed by atoms with Crippen LogP contribution in [0.25, 0.3) is 0 Å². The molecule has 8 heteroatoms. The zero-order valence-corrected chi connectivity index (χ0v) is 9.52. The average Bonchev–Trinajstić information content (AvgIpc) is 2.95. The molecular weight excluding hydrogens is 252 g/mol. The highest BCUT2D eigenvalue weighted by Crippen LogP contribution is 2.29. The molecule has 3 rings (SSSR count). The van der Waals surface area contributed by atoms with E-state index in [4.69, 9.17) is 0 Å². The van der Waals surface area contributed by atoms with Crippen molar-refractivity contribution < 1.29 is 14.5 Å². The first-order chi connectivity index (χ1) is 9.09. The summed E-state index contributed by atoms with van der Waals surface area (Å²) in [6, 6.07) is 4.61. The van der Waals surface area contributed by atoms with Gasteiger partial charge in [0.15, 0.2) is 0 Å². The second kappa shape index (κ2) is 3.87. The number of fused-ring (bicyclic) bond motifs is 1. The Bertz CT molecular complexity index is 610. The van der Waals surface area contributed by atoms with Gasteiger partial charge in [-0.2, -0.15) is 5.10 Å². The number of carbonyl (C=O) groups is 2. The zero-order valence-electron chi connectivity index (χ0n) is 9.52. The monoisotopic (exact) mass is 260 g/mol. The van der Waals surface area contributed by atoms with E-state index < -0.39 is 22.8 Å². The van der Waals surface area contributed by atoms with Crippen molar-refractivity contribution in [2.75, 3.05) is 4.90 Å². The fourth-order valence-electron chi connectivity index (χ4n) is 2.16. The molecule has 1 fully saturated rings. The van der Waals surface area contributed by atoms with Gasteiger partial charge in [0.05, 0.1) is 10.6 Å².